The van der Waals surface area contributed by atoms with Gasteiger partial charge in [-0.1, -0.05) is 11.6 Å². The van der Waals surface area contributed by atoms with Crippen LogP contribution in [0.2, 0.25) is 5.02 Å². The number of hydrogen-bond donors (Lipinski definition) is 1. The van der Waals surface area contributed by atoms with Crippen molar-refractivity contribution >= 4 is 33.2 Å². The second-order valence-corrected chi connectivity index (χ2v) is 5.37. The van der Waals surface area contributed by atoms with Crippen molar-refractivity contribution in [3.8, 4) is 6.07 Å². The SMILES string of the molecule is N#CC1(Nc2ccc(Cl)c(Br)c2)CCCOC1. The lowest BCUT2D eigenvalue weighted by Gasteiger charge is -2.32. The normalized spacial score (nSPS) is 24.1. The molecule has 1 aliphatic rings. The average Bonchev–Trinajstić information content (AvgIpc) is 2.35. The van der Waals surface area contributed by atoms with Gasteiger partial charge in [0.1, 0.15) is 5.54 Å². The van der Waals surface area contributed by atoms with E-state index in [1.165, 1.54) is 0 Å². The lowest BCUT2D eigenvalue weighted by molar-refractivity contribution is 0.0667. The predicted molar refractivity (Wildman–Crippen MR) is 71.2 cm³/mol. The van der Waals surface area contributed by atoms with Gasteiger partial charge in [-0.05, 0) is 47.0 Å². The molecule has 2 rings (SSSR count). The number of nitrogens with one attached hydrogen (secondary N) is 1. The van der Waals surface area contributed by atoms with Crippen LogP contribution in [0.3, 0.4) is 0 Å². The first-order valence-corrected chi connectivity index (χ1v) is 6.55. The molecule has 90 valence electrons. The van der Waals surface area contributed by atoms with Crippen LogP contribution in [-0.4, -0.2) is 18.8 Å². The number of rotatable bonds is 2. The Labute approximate surface area is 114 Å². The highest BCUT2D eigenvalue weighted by atomic mass is 79.9. The summed E-state index contributed by atoms with van der Waals surface area (Å²) in [6.07, 6.45) is 1.69. The summed E-state index contributed by atoms with van der Waals surface area (Å²) in [7, 11) is 0. The van der Waals surface area contributed by atoms with Crippen LogP contribution < -0.4 is 5.32 Å². The van der Waals surface area contributed by atoms with E-state index < -0.39 is 5.54 Å². The number of nitriles is 1. The zero-order chi connectivity index (χ0) is 12.3. The summed E-state index contributed by atoms with van der Waals surface area (Å²) in [4.78, 5) is 0. The molecule has 0 aromatic heterocycles. The Bertz CT molecular complexity index is 452. The number of hydrogen-bond acceptors (Lipinski definition) is 3. The van der Waals surface area contributed by atoms with Crippen LogP contribution in [0, 0.1) is 11.3 Å². The molecule has 1 N–H and O–H groups in total. The van der Waals surface area contributed by atoms with E-state index in [4.69, 9.17) is 16.3 Å². The minimum atomic E-state index is -0.620. The van der Waals surface area contributed by atoms with Gasteiger partial charge in [-0.2, -0.15) is 5.26 Å². The summed E-state index contributed by atoms with van der Waals surface area (Å²) >= 11 is 9.29. The number of ether oxygens (including phenoxy) is 1. The lowest BCUT2D eigenvalue weighted by Crippen LogP contribution is -2.44. The van der Waals surface area contributed by atoms with Gasteiger partial charge in [-0.3, -0.25) is 0 Å². The van der Waals surface area contributed by atoms with Gasteiger partial charge in [-0.15, -0.1) is 0 Å². The Morgan fingerprint density at radius 1 is 1.53 bits per heavy atom. The van der Waals surface area contributed by atoms with Crippen LogP contribution in [0.25, 0.3) is 0 Å². The van der Waals surface area contributed by atoms with E-state index in [0.29, 0.717) is 11.6 Å². The van der Waals surface area contributed by atoms with Crippen molar-refractivity contribution in [2.45, 2.75) is 18.4 Å². The third kappa shape index (κ3) is 2.92. The van der Waals surface area contributed by atoms with Crippen molar-refractivity contribution in [1.82, 2.24) is 0 Å². The van der Waals surface area contributed by atoms with Gasteiger partial charge >= 0.3 is 0 Å². The van der Waals surface area contributed by atoms with E-state index in [-0.39, 0.29) is 0 Å². The number of halogens is 2. The molecule has 0 amide bonds. The van der Waals surface area contributed by atoms with Gasteiger partial charge in [0, 0.05) is 16.8 Å². The number of benzene rings is 1. The summed E-state index contributed by atoms with van der Waals surface area (Å²) in [5, 5.41) is 13.2. The first kappa shape index (κ1) is 12.7. The first-order valence-electron chi connectivity index (χ1n) is 5.37. The summed E-state index contributed by atoms with van der Waals surface area (Å²) in [6, 6.07) is 7.84. The van der Waals surface area contributed by atoms with E-state index >= 15 is 0 Å². The second kappa shape index (κ2) is 5.26. The quantitative estimate of drug-likeness (QED) is 0.907. The Kier molecular flexibility index (Phi) is 3.93. The number of nitrogens with zero attached hydrogens (tertiary/aromatic N) is 1. The predicted octanol–water partition coefficient (Wildman–Crippen LogP) is 3.59. The van der Waals surface area contributed by atoms with Crippen molar-refractivity contribution in [3.63, 3.8) is 0 Å². The molecule has 1 atom stereocenters. The molecular weight excluding hydrogens is 304 g/mol. The second-order valence-electron chi connectivity index (χ2n) is 4.10. The zero-order valence-corrected chi connectivity index (χ0v) is 11.5. The third-order valence-electron chi connectivity index (χ3n) is 2.76. The molecule has 0 spiro atoms. The maximum atomic E-state index is 9.30. The summed E-state index contributed by atoms with van der Waals surface area (Å²) in [5.41, 5.74) is 0.249. The summed E-state index contributed by atoms with van der Waals surface area (Å²) < 4.78 is 6.19. The van der Waals surface area contributed by atoms with Gasteiger partial charge in [0.15, 0.2) is 0 Å². The van der Waals surface area contributed by atoms with Gasteiger partial charge in [0.2, 0.25) is 0 Å². The van der Waals surface area contributed by atoms with Crippen molar-refractivity contribution < 1.29 is 4.74 Å². The van der Waals surface area contributed by atoms with Crippen molar-refractivity contribution in [2.24, 2.45) is 0 Å². The molecule has 0 aliphatic carbocycles. The molecule has 1 saturated heterocycles. The van der Waals surface area contributed by atoms with Gasteiger partial charge < -0.3 is 10.1 Å². The van der Waals surface area contributed by atoms with E-state index in [2.05, 4.69) is 27.3 Å². The first-order chi connectivity index (χ1) is 8.15. The molecule has 3 nitrogen and oxygen atoms in total. The van der Waals surface area contributed by atoms with Crippen LogP contribution in [0.15, 0.2) is 22.7 Å². The lowest BCUT2D eigenvalue weighted by atomic mass is 9.94. The van der Waals surface area contributed by atoms with Crippen LogP contribution in [-0.2, 0) is 4.74 Å². The molecule has 1 aliphatic heterocycles. The number of anilines is 1. The third-order valence-corrected chi connectivity index (χ3v) is 3.97. The van der Waals surface area contributed by atoms with E-state index in [1.54, 1.807) is 6.07 Å². The van der Waals surface area contributed by atoms with E-state index in [9.17, 15) is 5.26 Å². The Morgan fingerprint density at radius 2 is 2.35 bits per heavy atom. The highest BCUT2D eigenvalue weighted by Gasteiger charge is 2.32. The van der Waals surface area contributed by atoms with Crippen molar-refractivity contribution in [2.75, 3.05) is 18.5 Å². The van der Waals surface area contributed by atoms with Crippen LogP contribution >= 0.6 is 27.5 Å². The van der Waals surface area contributed by atoms with Crippen LogP contribution in [0.1, 0.15) is 12.8 Å². The molecule has 1 aromatic carbocycles. The molecular formula is C12H12BrClN2O. The average molecular weight is 316 g/mol. The van der Waals surface area contributed by atoms with Crippen molar-refractivity contribution in [3.05, 3.63) is 27.7 Å². The largest absolute Gasteiger partial charge is 0.378 e. The molecule has 1 fully saturated rings. The molecule has 0 radical (unpaired) electrons. The minimum Gasteiger partial charge on any atom is -0.378 e. The monoisotopic (exact) mass is 314 g/mol. The molecule has 1 aromatic rings. The molecule has 0 bridgehead atoms. The van der Waals surface area contributed by atoms with Gasteiger partial charge in [0.25, 0.3) is 0 Å². The van der Waals surface area contributed by atoms with Gasteiger partial charge in [0.05, 0.1) is 17.7 Å². The Morgan fingerprint density at radius 3 is 2.94 bits per heavy atom. The minimum absolute atomic E-state index is 0.420. The highest BCUT2D eigenvalue weighted by molar-refractivity contribution is 9.10. The maximum Gasteiger partial charge on any atom is 0.149 e. The maximum absolute atomic E-state index is 9.30. The topological polar surface area (TPSA) is 45.0 Å². The fraction of sp³-hybridized carbons (Fsp3) is 0.417. The standard InChI is InChI=1S/C12H12BrClN2O/c13-10-6-9(2-3-11(10)14)16-12(7-15)4-1-5-17-8-12/h2-3,6,16H,1,4-5,8H2. The van der Waals surface area contributed by atoms with Crippen molar-refractivity contribution in [1.29, 1.82) is 5.26 Å². The fourth-order valence-electron chi connectivity index (χ4n) is 1.86. The summed E-state index contributed by atoms with van der Waals surface area (Å²) in [6.45, 7) is 1.15. The van der Waals surface area contributed by atoms with Gasteiger partial charge in [-0.25, -0.2) is 0 Å². The molecule has 1 heterocycles. The molecule has 1 unspecified atom stereocenters. The van der Waals surface area contributed by atoms with Crippen LogP contribution in [0.5, 0.6) is 0 Å². The zero-order valence-electron chi connectivity index (χ0n) is 9.17. The highest BCUT2D eigenvalue weighted by Crippen LogP contribution is 2.29. The fourth-order valence-corrected chi connectivity index (χ4v) is 2.36. The van der Waals surface area contributed by atoms with E-state index in [1.807, 2.05) is 12.1 Å². The summed E-state index contributed by atoms with van der Waals surface area (Å²) in [5.74, 6) is 0. The van der Waals surface area contributed by atoms with E-state index in [0.717, 1.165) is 29.6 Å². The molecule has 0 saturated carbocycles. The van der Waals surface area contributed by atoms with Crippen LogP contribution in [0.4, 0.5) is 5.69 Å². The Hall–Kier alpha value is -0.760. The molecule has 17 heavy (non-hydrogen) atoms. The smallest absolute Gasteiger partial charge is 0.149 e. The Balaban J connectivity index is 2.18. The molecule has 5 heteroatoms.